The quantitative estimate of drug-likeness (QED) is 0.441. The maximum absolute atomic E-state index is 12.4. The lowest BCUT2D eigenvalue weighted by Gasteiger charge is -2.18. The van der Waals surface area contributed by atoms with E-state index in [4.69, 9.17) is 14.2 Å². The van der Waals surface area contributed by atoms with Crippen molar-refractivity contribution in [3.05, 3.63) is 65.7 Å². The Labute approximate surface area is 185 Å². The molecular formula is C24H23N3O5. The number of amides is 2. The van der Waals surface area contributed by atoms with E-state index in [1.165, 1.54) is 0 Å². The smallest absolute Gasteiger partial charge is 0.259 e. The van der Waals surface area contributed by atoms with Crippen LogP contribution in [0, 0.1) is 0 Å². The highest BCUT2D eigenvalue weighted by Crippen LogP contribution is 2.30. The first-order chi connectivity index (χ1) is 15.7. The molecule has 3 aromatic carbocycles. The van der Waals surface area contributed by atoms with Crippen molar-refractivity contribution in [2.75, 3.05) is 26.4 Å². The molecule has 164 valence electrons. The number of nitrogens with one attached hydrogen (secondary N) is 2. The molecule has 8 nitrogen and oxygen atoms in total. The van der Waals surface area contributed by atoms with E-state index in [1.54, 1.807) is 24.4 Å². The first-order valence-electron chi connectivity index (χ1n) is 10.3. The summed E-state index contributed by atoms with van der Waals surface area (Å²) in [6, 6.07) is 16.6. The fraction of sp³-hybridized carbons (Fsp3) is 0.208. The zero-order chi connectivity index (χ0) is 22.3. The lowest BCUT2D eigenvalue weighted by Crippen LogP contribution is -2.35. The Hall–Kier alpha value is -4.07. The Morgan fingerprint density at radius 2 is 1.88 bits per heavy atom. The number of fused-ring (bicyclic) bond motifs is 2. The average molecular weight is 433 g/mol. The number of ether oxygens (including phenoxy) is 3. The summed E-state index contributed by atoms with van der Waals surface area (Å²) >= 11 is 0. The highest BCUT2D eigenvalue weighted by atomic mass is 16.6. The van der Waals surface area contributed by atoms with Gasteiger partial charge >= 0.3 is 0 Å². The van der Waals surface area contributed by atoms with E-state index in [9.17, 15) is 9.59 Å². The molecule has 0 bridgehead atoms. The third kappa shape index (κ3) is 4.80. The second-order valence-electron chi connectivity index (χ2n) is 6.97. The van der Waals surface area contributed by atoms with E-state index in [2.05, 4.69) is 15.8 Å². The molecular weight excluding hydrogens is 410 g/mol. The van der Waals surface area contributed by atoms with Gasteiger partial charge in [-0.3, -0.25) is 9.59 Å². The summed E-state index contributed by atoms with van der Waals surface area (Å²) in [6.07, 6.45) is 1.55. The minimum absolute atomic E-state index is 0.224. The summed E-state index contributed by atoms with van der Waals surface area (Å²) in [5, 5.41) is 8.62. The zero-order valence-corrected chi connectivity index (χ0v) is 17.6. The third-order valence-corrected chi connectivity index (χ3v) is 4.83. The number of rotatable bonds is 7. The average Bonchev–Trinajstić information content (AvgIpc) is 2.83. The summed E-state index contributed by atoms with van der Waals surface area (Å²) in [4.78, 5) is 24.5. The molecule has 0 unspecified atom stereocenters. The summed E-state index contributed by atoms with van der Waals surface area (Å²) in [7, 11) is 0. The maximum atomic E-state index is 12.4. The number of benzene rings is 3. The molecule has 0 saturated carbocycles. The Kier molecular flexibility index (Phi) is 6.50. The van der Waals surface area contributed by atoms with E-state index < -0.39 is 11.8 Å². The zero-order valence-electron chi connectivity index (χ0n) is 17.6. The molecule has 0 radical (unpaired) electrons. The van der Waals surface area contributed by atoms with E-state index in [-0.39, 0.29) is 6.54 Å². The Balaban J connectivity index is 1.37. The van der Waals surface area contributed by atoms with E-state index in [0.717, 1.165) is 16.3 Å². The first kappa shape index (κ1) is 21.2. The van der Waals surface area contributed by atoms with Crippen LogP contribution in [0.25, 0.3) is 10.8 Å². The van der Waals surface area contributed by atoms with Gasteiger partial charge in [-0.25, -0.2) is 5.43 Å². The number of hydrogen-bond donors (Lipinski definition) is 2. The molecule has 0 aliphatic carbocycles. The van der Waals surface area contributed by atoms with Crippen LogP contribution in [0.4, 0.5) is 0 Å². The van der Waals surface area contributed by atoms with Crippen LogP contribution < -0.4 is 25.0 Å². The van der Waals surface area contributed by atoms with Crippen LogP contribution in [-0.4, -0.2) is 44.4 Å². The molecule has 0 saturated heterocycles. The van der Waals surface area contributed by atoms with E-state index >= 15 is 0 Å². The molecule has 0 fully saturated rings. The van der Waals surface area contributed by atoms with Crippen molar-refractivity contribution in [1.29, 1.82) is 0 Å². The normalized spacial score (nSPS) is 12.5. The topological polar surface area (TPSA) is 98.2 Å². The van der Waals surface area contributed by atoms with Crippen LogP contribution >= 0.6 is 0 Å². The number of hydrogen-bond acceptors (Lipinski definition) is 6. The summed E-state index contributed by atoms with van der Waals surface area (Å²) in [6.45, 7) is 3.10. The van der Waals surface area contributed by atoms with Crippen molar-refractivity contribution < 1.29 is 23.8 Å². The van der Waals surface area contributed by atoms with Crippen molar-refractivity contribution in [3.8, 4) is 17.2 Å². The predicted octanol–water partition coefficient (Wildman–Crippen LogP) is 2.89. The van der Waals surface area contributed by atoms with Crippen molar-refractivity contribution in [2.24, 2.45) is 5.10 Å². The van der Waals surface area contributed by atoms with E-state index in [0.29, 0.717) is 42.6 Å². The molecule has 1 aliphatic rings. The van der Waals surface area contributed by atoms with Gasteiger partial charge < -0.3 is 19.5 Å². The van der Waals surface area contributed by atoms with Gasteiger partial charge in [0.25, 0.3) is 11.8 Å². The molecule has 2 amide bonds. The van der Waals surface area contributed by atoms with Gasteiger partial charge in [0.1, 0.15) is 19.0 Å². The second-order valence-corrected chi connectivity index (χ2v) is 6.97. The van der Waals surface area contributed by atoms with Crippen LogP contribution in [0.5, 0.6) is 17.2 Å². The van der Waals surface area contributed by atoms with Crippen molar-refractivity contribution in [1.82, 2.24) is 10.7 Å². The van der Waals surface area contributed by atoms with Crippen LogP contribution in [0.3, 0.4) is 0 Å². The third-order valence-electron chi connectivity index (χ3n) is 4.83. The minimum Gasteiger partial charge on any atom is -0.493 e. The molecule has 2 N–H and O–H groups in total. The van der Waals surface area contributed by atoms with Gasteiger partial charge in [-0.15, -0.1) is 0 Å². The molecule has 4 rings (SSSR count). The molecule has 0 aromatic heterocycles. The van der Waals surface area contributed by atoms with Crippen LogP contribution in [-0.2, 0) is 4.79 Å². The Morgan fingerprint density at radius 3 is 2.72 bits per heavy atom. The van der Waals surface area contributed by atoms with E-state index in [1.807, 2.05) is 43.3 Å². The maximum Gasteiger partial charge on any atom is 0.259 e. The van der Waals surface area contributed by atoms with Gasteiger partial charge in [0.15, 0.2) is 11.5 Å². The van der Waals surface area contributed by atoms with Crippen LogP contribution in [0.15, 0.2) is 59.7 Å². The standard InChI is InChI=1S/C24H23N3O5/c1-2-30-20-9-7-16-5-3-4-6-18(16)19(20)14-26-27-23(28)15-25-24(29)17-8-10-21-22(13-17)32-12-11-31-21/h3-10,13-14H,2,11-12,15H2,1H3,(H,25,29)(H,27,28). The largest absolute Gasteiger partial charge is 0.493 e. The summed E-state index contributed by atoms with van der Waals surface area (Å²) in [5.41, 5.74) is 3.58. The van der Waals surface area contributed by atoms with Crippen LogP contribution in [0.1, 0.15) is 22.8 Å². The SMILES string of the molecule is CCOc1ccc2ccccc2c1C=NNC(=O)CNC(=O)c1ccc2c(c1)OCCO2. The molecule has 1 heterocycles. The van der Waals surface area contributed by atoms with Gasteiger partial charge in [-0.1, -0.05) is 30.3 Å². The molecule has 0 atom stereocenters. The predicted molar refractivity (Wildman–Crippen MR) is 121 cm³/mol. The molecule has 8 heteroatoms. The molecule has 0 spiro atoms. The number of carbonyl (C=O) groups is 2. The van der Waals surface area contributed by atoms with Gasteiger partial charge in [-0.05, 0) is 42.0 Å². The summed E-state index contributed by atoms with van der Waals surface area (Å²) < 4.78 is 16.6. The van der Waals surface area contributed by atoms with Gasteiger partial charge in [0.05, 0.1) is 19.4 Å². The van der Waals surface area contributed by atoms with Crippen molar-refractivity contribution in [3.63, 3.8) is 0 Å². The van der Waals surface area contributed by atoms with Crippen molar-refractivity contribution in [2.45, 2.75) is 6.92 Å². The summed E-state index contributed by atoms with van der Waals surface area (Å²) in [5.74, 6) is 0.938. The van der Waals surface area contributed by atoms with Gasteiger partial charge in [0, 0.05) is 11.1 Å². The van der Waals surface area contributed by atoms with Crippen molar-refractivity contribution >= 4 is 28.8 Å². The molecule has 3 aromatic rings. The number of nitrogens with zero attached hydrogens (tertiary/aromatic N) is 1. The van der Waals surface area contributed by atoms with Gasteiger partial charge in [-0.2, -0.15) is 5.10 Å². The first-order valence-corrected chi connectivity index (χ1v) is 10.3. The fourth-order valence-corrected chi connectivity index (χ4v) is 3.35. The fourth-order valence-electron chi connectivity index (χ4n) is 3.35. The van der Waals surface area contributed by atoms with Crippen LogP contribution in [0.2, 0.25) is 0 Å². The molecule has 1 aliphatic heterocycles. The highest BCUT2D eigenvalue weighted by Gasteiger charge is 2.15. The highest BCUT2D eigenvalue weighted by molar-refractivity contribution is 6.03. The Morgan fingerprint density at radius 1 is 1.06 bits per heavy atom. The Bertz CT molecular complexity index is 1180. The molecule has 32 heavy (non-hydrogen) atoms. The number of carbonyl (C=O) groups excluding carboxylic acids is 2. The second kappa shape index (κ2) is 9.82. The minimum atomic E-state index is -0.453. The lowest BCUT2D eigenvalue weighted by atomic mass is 10.0. The lowest BCUT2D eigenvalue weighted by molar-refractivity contribution is -0.120. The van der Waals surface area contributed by atoms with Gasteiger partial charge in [0.2, 0.25) is 0 Å². The monoisotopic (exact) mass is 433 g/mol. The number of hydrazone groups is 1.